The minimum absolute atomic E-state index is 0.379. The van der Waals surface area contributed by atoms with Crippen molar-refractivity contribution in [1.29, 1.82) is 0 Å². The van der Waals surface area contributed by atoms with E-state index in [4.69, 9.17) is 20.5 Å². The second-order valence-corrected chi connectivity index (χ2v) is 8.59. The molecule has 0 fully saturated rings. The molecular weight excluding hydrogens is 243 g/mol. The predicted octanol–water partition coefficient (Wildman–Crippen LogP) is 3.92. The summed E-state index contributed by atoms with van der Waals surface area (Å²) in [7, 11) is 0. The second-order valence-electron chi connectivity index (χ2n) is 2.65. The van der Waals surface area contributed by atoms with Gasteiger partial charge in [0.25, 0.3) is 0 Å². The van der Waals surface area contributed by atoms with Gasteiger partial charge in [0.2, 0.25) is 0 Å². The molecule has 1 atom stereocenters. The van der Waals surface area contributed by atoms with Gasteiger partial charge in [-0.2, -0.15) is 0 Å². The van der Waals surface area contributed by atoms with Crippen LogP contribution in [0.4, 0.5) is 0 Å². The monoisotopic (exact) mass is 260 g/mol. The summed E-state index contributed by atoms with van der Waals surface area (Å²) < 4.78 is 21.5. The number of unbranched alkanes of at least 4 members (excludes halogenated alkanes) is 1. The molecule has 0 aliphatic carbocycles. The first-order chi connectivity index (χ1) is 6.62. The molecule has 0 aromatic rings. The fourth-order valence-corrected chi connectivity index (χ4v) is 3.87. The third-order valence-corrected chi connectivity index (χ3v) is 5.58. The summed E-state index contributed by atoms with van der Waals surface area (Å²) >= 11 is 6.75. The first-order valence-corrected chi connectivity index (χ1v) is 8.91. The fourth-order valence-electron chi connectivity index (χ4n) is 0.745. The Balaban J connectivity index is 3.30. The number of hydrogen-bond donors (Lipinski definition) is 0. The summed E-state index contributed by atoms with van der Waals surface area (Å²) in [5, 5.41) is 0. The van der Waals surface area contributed by atoms with Gasteiger partial charge in [0.1, 0.15) is 0 Å². The highest BCUT2D eigenvalue weighted by Gasteiger charge is 2.18. The molecule has 86 valence electrons. The molecule has 0 bridgehead atoms. The molecule has 0 rings (SSSR count). The first-order valence-electron chi connectivity index (χ1n) is 4.79. The Bertz CT molecular complexity index is 180. The third-order valence-electron chi connectivity index (χ3n) is 1.40. The Labute approximate surface area is 94.9 Å². The van der Waals surface area contributed by atoms with E-state index in [9.17, 15) is 4.57 Å². The molecule has 0 aliphatic rings. The summed E-state index contributed by atoms with van der Waals surface area (Å²) in [5.41, 5.74) is 0. The molecule has 0 saturated carbocycles. The molecule has 0 radical (unpaired) electrons. The maximum Gasteiger partial charge on any atom is 0.346 e. The van der Waals surface area contributed by atoms with Crippen LogP contribution in [-0.2, 0) is 13.8 Å². The molecule has 0 amide bonds. The zero-order chi connectivity index (χ0) is 10.9. The lowest BCUT2D eigenvalue weighted by Gasteiger charge is -2.08. The van der Waals surface area contributed by atoms with Crippen molar-refractivity contribution >= 4 is 28.5 Å². The molecular formula is C8H18ClO3PS. The molecule has 14 heavy (non-hydrogen) atoms. The Morgan fingerprint density at radius 2 is 2.07 bits per heavy atom. The van der Waals surface area contributed by atoms with Crippen molar-refractivity contribution in [3.05, 3.63) is 0 Å². The molecule has 0 aromatic heterocycles. The zero-order valence-electron chi connectivity index (χ0n) is 8.70. The first kappa shape index (κ1) is 14.8. The standard InChI is InChI=1S/C8H18ClO3PS/c1-3-5-6-11-7-8-14-13(9,10)12-4-2/h3-8H2,1-2H3. The summed E-state index contributed by atoms with van der Waals surface area (Å²) in [4.78, 5) is 0. The molecule has 6 heteroatoms. The van der Waals surface area contributed by atoms with Gasteiger partial charge in [-0.15, -0.1) is 0 Å². The van der Waals surface area contributed by atoms with E-state index >= 15 is 0 Å². The van der Waals surface area contributed by atoms with E-state index < -0.39 is 5.92 Å². The summed E-state index contributed by atoms with van der Waals surface area (Å²) in [6.45, 7) is 5.60. The van der Waals surface area contributed by atoms with Crippen LogP contribution in [-0.4, -0.2) is 25.6 Å². The largest absolute Gasteiger partial charge is 0.381 e. The minimum atomic E-state index is -2.94. The Morgan fingerprint density at radius 1 is 1.36 bits per heavy atom. The number of ether oxygens (including phenoxy) is 1. The van der Waals surface area contributed by atoms with Crippen LogP contribution in [0.1, 0.15) is 26.7 Å². The minimum Gasteiger partial charge on any atom is -0.381 e. The van der Waals surface area contributed by atoms with Gasteiger partial charge < -0.3 is 9.26 Å². The van der Waals surface area contributed by atoms with Gasteiger partial charge in [0, 0.05) is 12.4 Å². The highest BCUT2D eigenvalue weighted by Crippen LogP contribution is 2.63. The third kappa shape index (κ3) is 9.35. The molecule has 0 heterocycles. The molecule has 0 aliphatic heterocycles. The zero-order valence-corrected chi connectivity index (χ0v) is 11.2. The quantitative estimate of drug-likeness (QED) is 0.465. The SMILES string of the molecule is CCCCOCCSP(=O)(Cl)OCC. The van der Waals surface area contributed by atoms with Gasteiger partial charge in [-0.25, -0.2) is 0 Å². The molecule has 1 unspecified atom stereocenters. The fraction of sp³-hybridized carbons (Fsp3) is 1.00. The van der Waals surface area contributed by atoms with Crippen LogP contribution in [0.3, 0.4) is 0 Å². The normalized spacial score (nSPS) is 15.4. The van der Waals surface area contributed by atoms with Gasteiger partial charge in [-0.1, -0.05) is 24.7 Å². The van der Waals surface area contributed by atoms with E-state index in [1.807, 2.05) is 0 Å². The predicted molar refractivity (Wildman–Crippen MR) is 63.3 cm³/mol. The smallest absolute Gasteiger partial charge is 0.346 e. The maximum absolute atomic E-state index is 11.4. The Kier molecular flexibility index (Phi) is 9.56. The highest BCUT2D eigenvalue weighted by molar-refractivity contribution is 8.63. The van der Waals surface area contributed by atoms with Crippen LogP contribution in [0.5, 0.6) is 0 Å². The topological polar surface area (TPSA) is 35.5 Å². The van der Waals surface area contributed by atoms with E-state index in [0.717, 1.165) is 30.8 Å². The van der Waals surface area contributed by atoms with Gasteiger partial charge in [-0.05, 0) is 24.6 Å². The average molecular weight is 261 g/mol. The van der Waals surface area contributed by atoms with Crippen molar-refractivity contribution in [2.45, 2.75) is 26.7 Å². The van der Waals surface area contributed by atoms with Crippen molar-refractivity contribution in [2.24, 2.45) is 0 Å². The van der Waals surface area contributed by atoms with Crippen molar-refractivity contribution < 1.29 is 13.8 Å². The lowest BCUT2D eigenvalue weighted by Crippen LogP contribution is -1.98. The van der Waals surface area contributed by atoms with Crippen LogP contribution in [0.25, 0.3) is 0 Å². The van der Waals surface area contributed by atoms with E-state index in [0.29, 0.717) is 19.0 Å². The van der Waals surface area contributed by atoms with E-state index in [-0.39, 0.29) is 0 Å². The summed E-state index contributed by atoms with van der Waals surface area (Å²) in [6, 6.07) is 0. The second kappa shape index (κ2) is 9.05. The van der Waals surface area contributed by atoms with Crippen molar-refractivity contribution in [3.8, 4) is 0 Å². The van der Waals surface area contributed by atoms with Crippen molar-refractivity contribution in [1.82, 2.24) is 0 Å². The average Bonchev–Trinajstić information content (AvgIpc) is 2.11. The van der Waals surface area contributed by atoms with Crippen LogP contribution < -0.4 is 0 Å². The Morgan fingerprint density at radius 3 is 2.64 bits per heavy atom. The number of hydrogen-bond acceptors (Lipinski definition) is 4. The summed E-state index contributed by atoms with van der Waals surface area (Å²) in [5.74, 6) is -2.32. The van der Waals surface area contributed by atoms with Crippen LogP contribution in [0, 0.1) is 0 Å². The van der Waals surface area contributed by atoms with E-state index in [2.05, 4.69) is 6.92 Å². The van der Waals surface area contributed by atoms with E-state index in [1.165, 1.54) is 0 Å². The Hall–Kier alpha value is 0.790. The van der Waals surface area contributed by atoms with E-state index in [1.54, 1.807) is 6.92 Å². The molecule has 3 nitrogen and oxygen atoms in total. The lowest BCUT2D eigenvalue weighted by molar-refractivity contribution is 0.147. The van der Waals surface area contributed by atoms with Crippen molar-refractivity contribution in [2.75, 3.05) is 25.6 Å². The van der Waals surface area contributed by atoms with Crippen molar-refractivity contribution in [3.63, 3.8) is 0 Å². The molecule has 0 aromatic carbocycles. The highest BCUT2D eigenvalue weighted by atomic mass is 35.7. The lowest BCUT2D eigenvalue weighted by atomic mass is 10.4. The van der Waals surface area contributed by atoms with Crippen LogP contribution in [0.15, 0.2) is 0 Å². The van der Waals surface area contributed by atoms with Gasteiger partial charge in [-0.3, -0.25) is 4.57 Å². The maximum atomic E-state index is 11.4. The van der Waals surface area contributed by atoms with Gasteiger partial charge in [0.15, 0.2) is 0 Å². The van der Waals surface area contributed by atoms with Crippen LogP contribution >= 0.6 is 28.5 Å². The molecule has 0 N–H and O–H groups in total. The van der Waals surface area contributed by atoms with Gasteiger partial charge in [0.05, 0.1) is 13.2 Å². The number of rotatable bonds is 9. The molecule has 0 spiro atoms. The summed E-state index contributed by atoms with van der Waals surface area (Å²) in [6.07, 6.45) is 2.19. The molecule has 0 saturated heterocycles. The number of halogens is 1. The van der Waals surface area contributed by atoms with Crippen LogP contribution in [0.2, 0.25) is 0 Å². The van der Waals surface area contributed by atoms with Gasteiger partial charge >= 0.3 is 5.92 Å².